The number of ether oxygens (including phenoxy) is 2. The molecule has 132 valence electrons. The van der Waals surface area contributed by atoms with Gasteiger partial charge in [0.05, 0.1) is 13.2 Å². The highest BCUT2D eigenvalue weighted by atomic mass is 19.3. The maximum atomic E-state index is 14.4. The summed E-state index contributed by atoms with van der Waals surface area (Å²) in [4.78, 5) is 3.71. The summed E-state index contributed by atoms with van der Waals surface area (Å²) in [6.45, 7) is 4.12. The SMILES string of the molecule is CC1(CNc2ccc(F)c([C@@]3(C)N=C(N)OCC3(F)F)c2)COC1. The van der Waals surface area contributed by atoms with Crippen LogP contribution < -0.4 is 11.1 Å². The van der Waals surface area contributed by atoms with Crippen molar-refractivity contribution in [1.82, 2.24) is 0 Å². The summed E-state index contributed by atoms with van der Waals surface area (Å²) in [5.74, 6) is -4.15. The van der Waals surface area contributed by atoms with Gasteiger partial charge in [-0.2, -0.15) is 8.78 Å². The second-order valence-electron chi connectivity index (χ2n) is 6.87. The summed E-state index contributed by atoms with van der Waals surface area (Å²) < 4.78 is 52.8. The van der Waals surface area contributed by atoms with E-state index >= 15 is 0 Å². The maximum Gasteiger partial charge on any atom is 0.310 e. The van der Waals surface area contributed by atoms with Crippen LogP contribution in [0.25, 0.3) is 0 Å². The Labute approximate surface area is 138 Å². The summed E-state index contributed by atoms with van der Waals surface area (Å²) in [6.07, 6.45) is 0. The first-order valence-corrected chi connectivity index (χ1v) is 7.63. The van der Waals surface area contributed by atoms with Crippen molar-refractivity contribution >= 4 is 11.7 Å². The van der Waals surface area contributed by atoms with Gasteiger partial charge in [0.15, 0.2) is 12.1 Å². The number of anilines is 1. The smallest absolute Gasteiger partial charge is 0.310 e. The van der Waals surface area contributed by atoms with Crippen LogP contribution in [0.2, 0.25) is 0 Å². The van der Waals surface area contributed by atoms with Crippen LogP contribution in [0.5, 0.6) is 0 Å². The molecule has 0 saturated carbocycles. The number of aliphatic imine (C=N–C) groups is 1. The number of amidine groups is 1. The molecular weight excluding hydrogens is 323 g/mol. The lowest BCUT2D eigenvalue weighted by molar-refractivity contribution is -0.117. The third-order valence-electron chi connectivity index (χ3n) is 4.56. The van der Waals surface area contributed by atoms with E-state index in [1.165, 1.54) is 12.1 Å². The molecule has 2 heterocycles. The topological polar surface area (TPSA) is 68.9 Å². The zero-order valence-electron chi connectivity index (χ0n) is 13.5. The Hall–Kier alpha value is -1.96. The van der Waals surface area contributed by atoms with Crippen molar-refractivity contribution in [3.05, 3.63) is 29.6 Å². The molecule has 0 spiro atoms. The second-order valence-corrected chi connectivity index (χ2v) is 6.87. The number of nitrogens with one attached hydrogen (secondary N) is 1. The zero-order chi connectivity index (χ0) is 17.6. The molecule has 1 fully saturated rings. The molecule has 1 aromatic carbocycles. The van der Waals surface area contributed by atoms with Crippen molar-refractivity contribution in [2.24, 2.45) is 16.1 Å². The van der Waals surface area contributed by atoms with Crippen LogP contribution in [-0.2, 0) is 15.0 Å². The Morgan fingerprint density at radius 2 is 1.96 bits per heavy atom. The molecule has 1 saturated heterocycles. The molecule has 5 nitrogen and oxygen atoms in total. The summed E-state index contributed by atoms with van der Waals surface area (Å²) in [6, 6.07) is 3.64. The number of alkyl halides is 2. The van der Waals surface area contributed by atoms with E-state index < -0.39 is 23.9 Å². The maximum absolute atomic E-state index is 14.4. The number of halogens is 3. The highest BCUT2D eigenvalue weighted by molar-refractivity contribution is 5.73. The first-order chi connectivity index (χ1) is 11.2. The van der Waals surface area contributed by atoms with Gasteiger partial charge in [-0.15, -0.1) is 0 Å². The fourth-order valence-electron chi connectivity index (χ4n) is 2.77. The van der Waals surface area contributed by atoms with Gasteiger partial charge in [-0.05, 0) is 25.1 Å². The van der Waals surface area contributed by atoms with E-state index in [1.807, 2.05) is 6.92 Å². The van der Waals surface area contributed by atoms with Gasteiger partial charge in [0.1, 0.15) is 5.82 Å². The van der Waals surface area contributed by atoms with Gasteiger partial charge >= 0.3 is 5.92 Å². The molecule has 3 rings (SSSR count). The third-order valence-corrected chi connectivity index (χ3v) is 4.56. The number of nitrogens with zero attached hydrogens (tertiary/aromatic N) is 1. The predicted octanol–water partition coefficient (Wildman–Crippen LogP) is 2.47. The number of rotatable bonds is 4. The molecule has 1 aromatic rings. The van der Waals surface area contributed by atoms with Gasteiger partial charge in [-0.25, -0.2) is 9.38 Å². The molecule has 3 N–H and O–H groups in total. The normalized spacial score (nSPS) is 27.6. The average molecular weight is 343 g/mol. The summed E-state index contributed by atoms with van der Waals surface area (Å²) in [7, 11) is 0. The van der Waals surface area contributed by atoms with Gasteiger partial charge in [-0.1, -0.05) is 6.92 Å². The van der Waals surface area contributed by atoms with E-state index in [1.54, 1.807) is 0 Å². The Morgan fingerprint density at radius 3 is 2.58 bits per heavy atom. The molecule has 0 radical (unpaired) electrons. The molecule has 0 amide bonds. The van der Waals surface area contributed by atoms with Gasteiger partial charge < -0.3 is 20.5 Å². The predicted molar refractivity (Wildman–Crippen MR) is 83.7 cm³/mol. The highest BCUT2D eigenvalue weighted by Crippen LogP contribution is 2.45. The molecule has 0 unspecified atom stereocenters. The Kier molecular flexibility index (Phi) is 3.90. The van der Waals surface area contributed by atoms with Gasteiger partial charge in [0.2, 0.25) is 0 Å². The summed E-state index contributed by atoms with van der Waals surface area (Å²) >= 11 is 0. The van der Waals surface area contributed by atoms with Crippen molar-refractivity contribution in [2.75, 3.05) is 31.7 Å². The number of benzene rings is 1. The highest BCUT2D eigenvalue weighted by Gasteiger charge is 2.56. The average Bonchev–Trinajstić information content (AvgIpc) is 2.49. The molecule has 2 aliphatic rings. The van der Waals surface area contributed by atoms with E-state index in [4.69, 9.17) is 10.5 Å². The van der Waals surface area contributed by atoms with Crippen molar-refractivity contribution in [3.8, 4) is 0 Å². The number of nitrogens with two attached hydrogens (primary N) is 1. The Balaban J connectivity index is 1.92. The van der Waals surface area contributed by atoms with Crippen LogP contribution in [0.15, 0.2) is 23.2 Å². The minimum atomic E-state index is -3.39. The van der Waals surface area contributed by atoms with Crippen LogP contribution in [-0.4, -0.2) is 38.3 Å². The summed E-state index contributed by atoms with van der Waals surface area (Å²) in [5.41, 5.74) is 3.62. The van der Waals surface area contributed by atoms with Gasteiger partial charge in [-0.3, -0.25) is 0 Å². The van der Waals surface area contributed by atoms with Crippen LogP contribution in [0.3, 0.4) is 0 Å². The summed E-state index contributed by atoms with van der Waals surface area (Å²) in [5, 5.41) is 3.15. The molecule has 8 heteroatoms. The molecule has 0 aliphatic carbocycles. The molecule has 2 aliphatic heterocycles. The lowest BCUT2D eigenvalue weighted by atomic mass is 9.84. The first kappa shape index (κ1) is 16.9. The zero-order valence-corrected chi connectivity index (χ0v) is 13.5. The minimum Gasteiger partial charge on any atom is -0.459 e. The van der Waals surface area contributed by atoms with Gasteiger partial charge in [0, 0.05) is 23.2 Å². The van der Waals surface area contributed by atoms with Crippen molar-refractivity contribution in [2.45, 2.75) is 25.3 Å². The molecule has 0 aromatic heterocycles. The molecule has 0 bridgehead atoms. The van der Waals surface area contributed by atoms with Crippen molar-refractivity contribution in [1.29, 1.82) is 0 Å². The van der Waals surface area contributed by atoms with Crippen LogP contribution in [0.4, 0.5) is 18.9 Å². The van der Waals surface area contributed by atoms with E-state index in [2.05, 4.69) is 15.0 Å². The van der Waals surface area contributed by atoms with E-state index in [-0.39, 0.29) is 17.0 Å². The van der Waals surface area contributed by atoms with E-state index in [0.717, 1.165) is 13.0 Å². The van der Waals surface area contributed by atoms with E-state index in [9.17, 15) is 13.2 Å². The largest absolute Gasteiger partial charge is 0.459 e. The Morgan fingerprint density at radius 1 is 1.25 bits per heavy atom. The fraction of sp³-hybridized carbons (Fsp3) is 0.562. The lowest BCUT2D eigenvalue weighted by Crippen LogP contribution is -2.51. The molecular formula is C16H20F3N3O2. The lowest BCUT2D eigenvalue weighted by Gasteiger charge is -2.39. The van der Waals surface area contributed by atoms with Crippen LogP contribution in [0.1, 0.15) is 19.4 Å². The minimum absolute atomic E-state index is 0.0103. The van der Waals surface area contributed by atoms with Gasteiger partial charge in [0.25, 0.3) is 6.02 Å². The monoisotopic (exact) mass is 343 g/mol. The first-order valence-electron chi connectivity index (χ1n) is 7.63. The molecule has 24 heavy (non-hydrogen) atoms. The Bertz CT molecular complexity index is 677. The second kappa shape index (κ2) is 5.54. The van der Waals surface area contributed by atoms with Crippen molar-refractivity contribution < 1.29 is 22.6 Å². The standard InChI is InChI=1S/C16H20F3N3O2/c1-14(7-23-8-14)6-21-10-3-4-12(17)11(5-10)15(2)16(18,19)9-24-13(20)22-15/h3-5,21H,6-9H2,1-2H3,(H2,20,22)/t15-/m1/s1. The van der Waals surface area contributed by atoms with Crippen LogP contribution >= 0.6 is 0 Å². The number of hydrogen-bond donors (Lipinski definition) is 2. The van der Waals surface area contributed by atoms with Crippen LogP contribution in [0, 0.1) is 11.2 Å². The third kappa shape index (κ3) is 2.79. The molecule has 1 atom stereocenters. The quantitative estimate of drug-likeness (QED) is 0.881. The van der Waals surface area contributed by atoms with E-state index in [0.29, 0.717) is 25.4 Å². The number of hydrogen-bond acceptors (Lipinski definition) is 5. The van der Waals surface area contributed by atoms with Crippen molar-refractivity contribution in [3.63, 3.8) is 0 Å². The fourth-order valence-corrected chi connectivity index (χ4v) is 2.77.